The van der Waals surface area contributed by atoms with Crippen molar-refractivity contribution in [2.45, 2.75) is 13.0 Å². The summed E-state index contributed by atoms with van der Waals surface area (Å²) in [5.74, 6) is 0.686. The first-order valence-electron chi connectivity index (χ1n) is 9.72. The summed E-state index contributed by atoms with van der Waals surface area (Å²) in [7, 11) is 0. The number of hydrogen-bond donors (Lipinski definition) is 1. The maximum absolute atomic E-state index is 13.0. The van der Waals surface area contributed by atoms with Crippen molar-refractivity contribution in [3.63, 3.8) is 0 Å². The molecule has 2 aromatic heterocycles. The second-order valence-electron chi connectivity index (χ2n) is 6.93. The fourth-order valence-electron chi connectivity index (χ4n) is 3.55. The lowest BCUT2D eigenvalue weighted by Crippen LogP contribution is -2.35. The van der Waals surface area contributed by atoms with Crippen LogP contribution in [0.5, 0.6) is 0 Å². The number of rotatable bonds is 4. The summed E-state index contributed by atoms with van der Waals surface area (Å²) in [6, 6.07) is 13.0. The zero-order chi connectivity index (χ0) is 20.1. The third-order valence-electron chi connectivity index (χ3n) is 5.09. The number of aliphatic hydroxyl groups is 1. The Morgan fingerprint density at radius 1 is 0.931 bits per heavy atom. The third-order valence-corrected chi connectivity index (χ3v) is 5.09. The van der Waals surface area contributed by atoms with Gasteiger partial charge in [-0.15, -0.1) is 0 Å². The highest BCUT2D eigenvalue weighted by Crippen LogP contribution is 2.22. The van der Waals surface area contributed by atoms with E-state index in [1.54, 1.807) is 24.7 Å². The second kappa shape index (κ2) is 8.79. The van der Waals surface area contributed by atoms with Gasteiger partial charge in [-0.3, -0.25) is 9.78 Å². The van der Waals surface area contributed by atoms with E-state index >= 15 is 0 Å². The van der Waals surface area contributed by atoms with Crippen molar-refractivity contribution in [2.75, 3.05) is 31.1 Å². The maximum Gasteiger partial charge on any atom is 0.255 e. The summed E-state index contributed by atoms with van der Waals surface area (Å²) in [6.07, 6.45) is 5.95. The molecule has 1 aliphatic rings. The summed E-state index contributed by atoms with van der Waals surface area (Å²) < 4.78 is 0. The highest BCUT2D eigenvalue weighted by atomic mass is 16.3. The molecule has 29 heavy (non-hydrogen) atoms. The van der Waals surface area contributed by atoms with Gasteiger partial charge < -0.3 is 14.9 Å². The lowest BCUT2D eigenvalue weighted by atomic mass is 10.0. The first kappa shape index (κ1) is 19.0. The van der Waals surface area contributed by atoms with Gasteiger partial charge in [0.1, 0.15) is 0 Å². The molecular formula is C22H23N5O2. The summed E-state index contributed by atoms with van der Waals surface area (Å²) in [4.78, 5) is 30.0. The highest BCUT2D eigenvalue weighted by molar-refractivity contribution is 5.94. The highest BCUT2D eigenvalue weighted by Gasteiger charge is 2.21. The molecule has 1 aromatic carbocycles. The predicted octanol–water partition coefficient (Wildman–Crippen LogP) is 2.38. The first-order chi connectivity index (χ1) is 14.3. The zero-order valence-corrected chi connectivity index (χ0v) is 16.1. The molecule has 1 saturated heterocycles. The Morgan fingerprint density at radius 2 is 1.76 bits per heavy atom. The average molecular weight is 389 g/mol. The zero-order valence-electron chi connectivity index (χ0n) is 16.1. The van der Waals surface area contributed by atoms with Gasteiger partial charge in [-0.25, -0.2) is 9.97 Å². The number of amides is 1. The van der Waals surface area contributed by atoms with Crippen LogP contribution in [0.4, 0.5) is 5.95 Å². The van der Waals surface area contributed by atoms with Gasteiger partial charge in [0.15, 0.2) is 0 Å². The van der Waals surface area contributed by atoms with Gasteiger partial charge in [0.05, 0.1) is 17.9 Å². The van der Waals surface area contributed by atoms with E-state index in [1.807, 2.05) is 41.3 Å². The van der Waals surface area contributed by atoms with Crippen LogP contribution < -0.4 is 4.90 Å². The number of nitrogens with zero attached hydrogens (tertiary/aromatic N) is 5. The molecule has 7 nitrogen and oxygen atoms in total. The van der Waals surface area contributed by atoms with Crippen molar-refractivity contribution < 1.29 is 9.90 Å². The van der Waals surface area contributed by atoms with E-state index in [9.17, 15) is 9.90 Å². The number of pyridine rings is 1. The van der Waals surface area contributed by atoms with Gasteiger partial charge in [0.25, 0.3) is 5.91 Å². The molecule has 0 aliphatic carbocycles. The molecule has 1 amide bonds. The van der Waals surface area contributed by atoms with E-state index in [-0.39, 0.29) is 12.5 Å². The molecule has 7 heteroatoms. The van der Waals surface area contributed by atoms with Crippen LogP contribution in [0, 0.1) is 0 Å². The SMILES string of the molecule is O=C(c1ccc(-c2ccccc2CO)nc1)N1CCCN(c2ncccn2)CC1. The third kappa shape index (κ3) is 4.25. The van der Waals surface area contributed by atoms with Crippen LogP contribution in [0.2, 0.25) is 0 Å². The molecule has 0 spiro atoms. The second-order valence-corrected chi connectivity index (χ2v) is 6.93. The molecule has 148 valence electrons. The fourth-order valence-corrected chi connectivity index (χ4v) is 3.55. The minimum atomic E-state index is -0.0477. The molecule has 0 unspecified atom stereocenters. The van der Waals surface area contributed by atoms with E-state index in [0.29, 0.717) is 31.1 Å². The van der Waals surface area contributed by atoms with Gasteiger partial charge in [-0.05, 0) is 30.2 Å². The van der Waals surface area contributed by atoms with Crippen LogP contribution in [0.3, 0.4) is 0 Å². The molecular weight excluding hydrogens is 366 g/mol. The average Bonchev–Trinajstić information content (AvgIpc) is 3.06. The maximum atomic E-state index is 13.0. The largest absolute Gasteiger partial charge is 0.392 e. The van der Waals surface area contributed by atoms with Gasteiger partial charge in [0.2, 0.25) is 5.95 Å². The molecule has 3 aromatic rings. The Morgan fingerprint density at radius 3 is 2.52 bits per heavy atom. The number of anilines is 1. The quantitative estimate of drug-likeness (QED) is 0.738. The number of carbonyl (C=O) groups is 1. The predicted molar refractivity (Wildman–Crippen MR) is 110 cm³/mol. The minimum absolute atomic E-state index is 0.0182. The Balaban J connectivity index is 1.46. The van der Waals surface area contributed by atoms with Crippen molar-refractivity contribution in [1.29, 1.82) is 0 Å². The molecule has 0 bridgehead atoms. The van der Waals surface area contributed by atoms with Crippen LogP contribution in [-0.2, 0) is 6.61 Å². The Labute approximate surface area is 169 Å². The van der Waals surface area contributed by atoms with Crippen molar-refractivity contribution in [3.8, 4) is 11.3 Å². The van der Waals surface area contributed by atoms with Gasteiger partial charge >= 0.3 is 0 Å². The smallest absolute Gasteiger partial charge is 0.255 e. The summed E-state index contributed by atoms with van der Waals surface area (Å²) >= 11 is 0. The monoisotopic (exact) mass is 389 g/mol. The molecule has 1 aliphatic heterocycles. The topological polar surface area (TPSA) is 82.5 Å². The van der Waals surface area contributed by atoms with E-state index in [4.69, 9.17) is 0 Å². The Kier molecular flexibility index (Phi) is 5.76. The molecule has 0 radical (unpaired) electrons. The number of aromatic nitrogens is 3. The lowest BCUT2D eigenvalue weighted by Gasteiger charge is -2.22. The van der Waals surface area contributed by atoms with E-state index in [1.165, 1.54) is 0 Å². The van der Waals surface area contributed by atoms with Crippen LogP contribution in [0.1, 0.15) is 22.3 Å². The van der Waals surface area contributed by atoms with Crippen LogP contribution in [0.25, 0.3) is 11.3 Å². The Hall–Kier alpha value is -3.32. The molecule has 3 heterocycles. The van der Waals surface area contributed by atoms with Crippen molar-refractivity contribution in [1.82, 2.24) is 19.9 Å². The van der Waals surface area contributed by atoms with Gasteiger partial charge in [0, 0.05) is 50.3 Å². The van der Waals surface area contributed by atoms with Crippen molar-refractivity contribution in [2.24, 2.45) is 0 Å². The molecule has 0 atom stereocenters. The lowest BCUT2D eigenvalue weighted by molar-refractivity contribution is 0.0766. The van der Waals surface area contributed by atoms with Crippen LogP contribution in [0.15, 0.2) is 61.1 Å². The summed E-state index contributed by atoms with van der Waals surface area (Å²) in [6.45, 7) is 2.78. The molecule has 4 rings (SSSR count). The molecule has 0 saturated carbocycles. The van der Waals surface area contributed by atoms with Crippen LogP contribution in [-0.4, -0.2) is 57.0 Å². The molecule has 1 N–H and O–H groups in total. The van der Waals surface area contributed by atoms with Crippen molar-refractivity contribution >= 4 is 11.9 Å². The number of carbonyl (C=O) groups excluding carboxylic acids is 1. The number of aliphatic hydroxyl groups excluding tert-OH is 1. The van der Waals surface area contributed by atoms with Gasteiger partial charge in [-0.2, -0.15) is 0 Å². The minimum Gasteiger partial charge on any atom is -0.392 e. The summed E-state index contributed by atoms with van der Waals surface area (Å²) in [5, 5.41) is 9.52. The van der Waals surface area contributed by atoms with Crippen LogP contribution >= 0.6 is 0 Å². The normalized spacial score (nSPS) is 14.5. The number of benzene rings is 1. The number of hydrogen-bond acceptors (Lipinski definition) is 6. The first-order valence-corrected chi connectivity index (χ1v) is 9.72. The van der Waals surface area contributed by atoms with E-state index in [2.05, 4.69) is 19.9 Å². The van der Waals surface area contributed by atoms with E-state index < -0.39 is 0 Å². The molecule has 1 fully saturated rings. The Bertz CT molecular complexity index is 962. The summed E-state index contributed by atoms with van der Waals surface area (Å²) in [5.41, 5.74) is 3.01. The standard InChI is InChI=1S/C22H23N5O2/c28-16-18-5-1-2-6-19(18)20-8-7-17(15-25-20)21(29)26-11-4-12-27(14-13-26)22-23-9-3-10-24-22/h1-3,5-10,15,28H,4,11-14,16H2. The van der Waals surface area contributed by atoms with E-state index in [0.717, 1.165) is 29.8 Å². The van der Waals surface area contributed by atoms with Gasteiger partial charge in [-0.1, -0.05) is 24.3 Å². The van der Waals surface area contributed by atoms with Crippen molar-refractivity contribution in [3.05, 3.63) is 72.2 Å². The fraction of sp³-hybridized carbons (Fsp3) is 0.273.